The largest absolute Gasteiger partial charge is 0.452 e. The Bertz CT molecular complexity index is 7970. The van der Waals surface area contributed by atoms with Crippen LogP contribution in [0.1, 0.15) is 51.3 Å². The maximum Gasteiger partial charge on any atom is 0.180 e. The summed E-state index contributed by atoms with van der Waals surface area (Å²) in [6.07, 6.45) is 3.25. The van der Waals surface area contributed by atoms with Gasteiger partial charge in [-0.25, -0.2) is 19.9 Å². The molecule has 1 aliphatic rings. The van der Waals surface area contributed by atoms with Gasteiger partial charge in [0.05, 0.1) is 44.1 Å². The molecule has 0 unspecified atom stereocenters. The summed E-state index contributed by atoms with van der Waals surface area (Å²) in [5.41, 5.74) is 33.9. The SMILES string of the molecule is CC(C)(C)c1ccc(-n2c3ccccc3c3cc(-c4ccc5c(c4)c4ccccc4n5-c4ccc(-c5ncnc6c5oc5ccccc56)cc4)ccc32)cc1.CC1(C)c2ccccc2-c2ccc(-n3c4ccccc4c4cc(-c5ccc6c(c5)c5ccccc5n6-c5ccc(-c6ncnc7c6oc6ccccc67)cc5)ccc43)cc21. The third kappa shape index (κ3) is 10.2. The van der Waals surface area contributed by atoms with Gasteiger partial charge < -0.3 is 27.1 Å². The quantitative estimate of drug-likeness (QED) is 0.150. The summed E-state index contributed by atoms with van der Waals surface area (Å²) in [5, 5.41) is 11.9. The van der Waals surface area contributed by atoms with Gasteiger partial charge in [0.1, 0.15) is 46.2 Å². The minimum absolute atomic E-state index is 0.0696. The molecule has 0 fully saturated rings. The molecule has 0 saturated carbocycles. The van der Waals surface area contributed by atoms with Crippen molar-refractivity contribution in [2.45, 2.75) is 45.4 Å². The van der Waals surface area contributed by atoms with Crippen LogP contribution in [0.15, 0.2) is 355 Å². The van der Waals surface area contributed by atoms with E-state index < -0.39 is 0 Å². The summed E-state index contributed by atoms with van der Waals surface area (Å²) in [7, 11) is 0. The third-order valence-corrected chi connectivity index (χ3v) is 24.3. The fourth-order valence-corrected chi connectivity index (χ4v) is 18.7. The molecule has 24 rings (SSSR count). The molecule has 0 N–H and O–H groups in total. The van der Waals surface area contributed by atoms with Gasteiger partial charge in [-0.15, -0.1) is 0 Å². The molecule has 0 aliphatic heterocycles. The molecule has 0 bridgehead atoms. The molecule has 0 spiro atoms. The number of benzene rings is 15. The van der Waals surface area contributed by atoms with Crippen LogP contribution in [0.5, 0.6) is 0 Å². The highest BCUT2D eigenvalue weighted by molar-refractivity contribution is 6.16. The van der Waals surface area contributed by atoms with E-state index in [0.717, 1.165) is 77.9 Å². The lowest BCUT2D eigenvalue weighted by atomic mass is 9.82. The highest BCUT2D eigenvalue weighted by Crippen LogP contribution is 2.51. The van der Waals surface area contributed by atoms with Crippen molar-refractivity contribution in [1.82, 2.24) is 38.2 Å². The molecule has 0 atom stereocenters. The van der Waals surface area contributed by atoms with E-state index in [1.165, 1.54) is 138 Å². The Morgan fingerprint density at radius 1 is 0.261 bits per heavy atom. The van der Waals surface area contributed by atoms with Crippen molar-refractivity contribution < 1.29 is 8.83 Å². The normalized spacial score (nSPS) is 12.8. The number of hydrogen-bond donors (Lipinski definition) is 0. The lowest BCUT2D eigenvalue weighted by Crippen LogP contribution is -2.15. The zero-order valence-corrected chi connectivity index (χ0v) is 63.8. The van der Waals surface area contributed by atoms with Crippen LogP contribution < -0.4 is 0 Å². The minimum atomic E-state index is -0.0696. The molecule has 8 heterocycles. The minimum Gasteiger partial charge on any atom is -0.452 e. The van der Waals surface area contributed by atoms with Crippen LogP contribution in [0, 0.1) is 0 Å². The summed E-state index contributed by atoms with van der Waals surface area (Å²) in [6, 6.07) is 121. The first-order valence-electron chi connectivity index (χ1n) is 39.4. The van der Waals surface area contributed by atoms with E-state index in [1.807, 2.05) is 48.5 Å². The predicted molar refractivity (Wildman–Crippen MR) is 474 cm³/mol. The van der Waals surface area contributed by atoms with Gasteiger partial charge in [-0.05, 0) is 201 Å². The number of para-hydroxylation sites is 6. The van der Waals surface area contributed by atoms with Crippen molar-refractivity contribution >= 4 is 131 Å². The van der Waals surface area contributed by atoms with Crippen molar-refractivity contribution in [3.05, 3.63) is 363 Å². The van der Waals surface area contributed by atoms with Gasteiger partial charge in [0.25, 0.3) is 0 Å². The monoisotopic (exact) mass is 1480 g/mol. The Morgan fingerprint density at radius 2 is 0.574 bits per heavy atom. The molecule has 15 aromatic carbocycles. The van der Waals surface area contributed by atoms with E-state index in [9.17, 15) is 0 Å². The molecule has 8 aromatic heterocycles. The van der Waals surface area contributed by atoms with Crippen LogP contribution in [0.25, 0.3) is 210 Å². The first-order valence-corrected chi connectivity index (χ1v) is 39.4. The zero-order chi connectivity index (χ0) is 76.5. The molecular formula is C105H72N8O2. The van der Waals surface area contributed by atoms with E-state index in [1.54, 1.807) is 12.7 Å². The number of rotatable bonds is 8. The number of aromatic nitrogens is 8. The van der Waals surface area contributed by atoms with Gasteiger partial charge in [-0.2, -0.15) is 0 Å². The molecule has 1 aliphatic carbocycles. The van der Waals surface area contributed by atoms with Crippen LogP contribution in [-0.2, 0) is 10.8 Å². The van der Waals surface area contributed by atoms with Crippen molar-refractivity contribution in [2.24, 2.45) is 0 Å². The van der Waals surface area contributed by atoms with E-state index >= 15 is 0 Å². The maximum absolute atomic E-state index is 6.27. The fourth-order valence-electron chi connectivity index (χ4n) is 18.7. The first kappa shape index (κ1) is 66.1. The summed E-state index contributed by atoms with van der Waals surface area (Å²) >= 11 is 0. The Balaban J connectivity index is 0.000000137. The van der Waals surface area contributed by atoms with Gasteiger partial charge in [0.15, 0.2) is 11.2 Å². The Labute approximate surface area is 661 Å². The van der Waals surface area contributed by atoms with Gasteiger partial charge in [0.2, 0.25) is 0 Å². The maximum atomic E-state index is 6.27. The molecule has 0 amide bonds. The van der Waals surface area contributed by atoms with E-state index in [-0.39, 0.29) is 10.8 Å². The fraction of sp³-hybridized carbons (Fsp3) is 0.0667. The van der Waals surface area contributed by atoms with Crippen molar-refractivity contribution in [3.63, 3.8) is 0 Å². The van der Waals surface area contributed by atoms with Crippen LogP contribution >= 0.6 is 0 Å². The average molecular weight is 1480 g/mol. The second-order valence-corrected chi connectivity index (χ2v) is 32.1. The Hall–Kier alpha value is -14.7. The number of nitrogens with zero attached hydrogens (tertiary/aromatic N) is 8. The standard InChI is InChI=1S/C55H36N4O.C50H36N4O/c1-55(2)45-15-7-3-11-38(45)39-26-25-37(31-46(39)55)59-48-17-9-5-13-41(48)44-30-35(22-28-50(44)59)34-21-27-49-43(29-34)40-12-4-8-16-47(40)58(49)36-23-19-33(20-24-36)52-54-53(57-32-56-52)42-14-6-10-18-51(42)60-54;1-50(2,3)34-20-24-36(25-21-34)54-43-14-8-5-11-38(43)41-29-33(19-27-45(41)54)32-18-26-44-40(28-32)37-10-4-7-13-42(37)53(44)35-22-16-31(17-23-35)47-49-48(52-30-51-47)39-12-6-9-15-46(39)55-49/h3-32H,1-2H3;4-30H,1-3H3. The highest BCUT2D eigenvalue weighted by Gasteiger charge is 2.36. The predicted octanol–water partition coefficient (Wildman–Crippen LogP) is 27.4. The number of hydrogen-bond acceptors (Lipinski definition) is 6. The van der Waals surface area contributed by atoms with E-state index in [4.69, 9.17) is 8.83 Å². The Morgan fingerprint density at radius 3 is 0.974 bits per heavy atom. The number of furan rings is 2. The first-order chi connectivity index (χ1) is 56.4. The van der Waals surface area contributed by atoms with Crippen LogP contribution in [0.4, 0.5) is 0 Å². The second kappa shape index (κ2) is 25.1. The highest BCUT2D eigenvalue weighted by atomic mass is 16.3. The Kier molecular flexibility index (Phi) is 14.4. The van der Waals surface area contributed by atoms with E-state index in [0.29, 0.717) is 11.2 Å². The second-order valence-electron chi connectivity index (χ2n) is 32.1. The molecule has 10 nitrogen and oxygen atoms in total. The molecule has 115 heavy (non-hydrogen) atoms. The van der Waals surface area contributed by atoms with E-state index in [2.05, 4.69) is 358 Å². The van der Waals surface area contributed by atoms with Crippen LogP contribution in [0.3, 0.4) is 0 Å². The van der Waals surface area contributed by atoms with Gasteiger partial charge in [-0.3, -0.25) is 0 Å². The topological polar surface area (TPSA) is 97.6 Å². The molecular weight excluding hydrogens is 1410 g/mol. The molecule has 0 saturated heterocycles. The number of fused-ring (bicyclic) bond motifs is 21. The molecule has 10 heteroatoms. The van der Waals surface area contributed by atoms with Crippen LogP contribution in [0.2, 0.25) is 0 Å². The summed E-state index contributed by atoms with van der Waals surface area (Å²) < 4.78 is 22.1. The zero-order valence-electron chi connectivity index (χ0n) is 63.8. The molecule has 0 radical (unpaired) electrons. The van der Waals surface area contributed by atoms with Gasteiger partial charge in [-0.1, -0.05) is 223 Å². The van der Waals surface area contributed by atoms with Crippen molar-refractivity contribution in [2.75, 3.05) is 0 Å². The summed E-state index contributed by atoms with van der Waals surface area (Å²) in [4.78, 5) is 18.4. The lowest BCUT2D eigenvalue weighted by molar-refractivity contribution is 0.590. The summed E-state index contributed by atoms with van der Waals surface area (Å²) in [5.74, 6) is 0. The van der Waals surface area contributed by atoms with Gasteiger partial charge in [0, 0.05) is 93.2 Å². The van der Waals surface area contributed by atoms with Crippen molar-refractivity contribution in [3.8, 4) is 78.6 Å². The van der Waals surface area contributed by atoms with Gasteiger partial charge >= 0.3 is 0 Å². The summed E-state index contributed by atoms with van der Waals surface area (Å²) in [6.45, 7) is 11.5. The third-order valence-electron chi connectivity index (χ3n) is 24.3. The lowest BCUT2D eigenvalue weighted by Gasteiger charge is -2.22. The van der Waals surface area contributed by atoms with Crippen LogP contribution in [-0.4, -0.2) is 38.2 Å². The smallest absolute Gasteiger partial charge is 0.180 e. The van der Waals surface area contributed by atoms with Crippen molar-refractivity contribution in [1.29, 1.82) is 0 Å². The average Bonchev–Trinajstić information content (AvgIpc) is 1.56. The molecule has 544 valence electrons. The molecule has 23 aromatic rings.